The number of nitrogens with zero attached hydrogens (tertiary/aromatic N) is 4. The first-order chi connectivity index (χ1) is 29.7. The lowest BCUT2D eigenvalue weighted by Gasteiger charge is -2.13. The van der Waals surface area contributed by atoms with Gasteiger partial charge in [-0.1, -0.05) is 212 Å². The third-order valence-corrected chi connectivity index (χ3v) is 11.4. The molecule has 0 aliphatic rings. The van der Waals surface area contributed by atoms with E-state index in [1.807, 2.05) is 36.4 Å². The second kappa shape index (κ2) is 15.0. The highest BCUT2D eigenvalue weighted by atomic mass is 15.0. The standard InChI is InChI=1S/C56H36N4/c1-3-11-37(12-4-1)38-25-31-46(32-26-38)55-58-54(45-14-5-2-6-15-45)59-56(60-55)47-33-27-42(28-34-47)40-21-19-39(20-22-40)41-23-29-44(30-24-41)53-52-48-16-8-7-13-43(48)35-36-50(52)49-17-9-10-18-51(49)57-53/h1-36H. The molecule has 11 rings (SSSR count). The van der Waals surface area contributed by atoms with Crippen LogP contribution in [0.25, 0.3) is 111 Å². The maximum absolute atomic E-state index is 5.23. The van der Waals surface area contributed by atoms with Gasteiger partial charge in [0.2, 0.25) is 0 Å². The third kappa shape index (κ3) is 6.56. The quantitative estimate of drug-likeness (QED) is 0.152. The van der Waals surface area contributed by atoms with Gasteiger partial charge >= 0.3 is 0 Å². The lowest BCUT2D eigenvalue weighted by Crippen LogP contribution is -2.00. The molecule has 60 heavy (non-hydrogen) atoms. The van der Waals surface area contributed by atoms with Crippen molar-refractivity contribution in [2.24, 2.45) is 0 Å². The molecule has 0 spiro atoms. The average Bonchev–Trinajstić information content (AvgIpc) is 3.34. The number of rotatable bonds is 7. The van der Waals surface area contributed by atoms with Crippen molar-refractivity contribution in [1.82, 2.24) is 19.9 Å². The minimum absolute atomic E-state index is 0.636. The van der Waals surface area contributed by atoms with Crippen LogP contribution in [0, 0.1) is 0 Å². The van der Waals surface area contributed by atoms with E-state index >= 15 is 0 Å². The fourth-order valence-corrected chi connectivity index (χ4v) is 8.22. The molecule has 0 N–H and O–H groups in total. The van der Waals surface area contributed by atoms with Gasteiger partial charge in [-0.15, -0.1) is 0 Å². The topological polar surface area (TPSA) is 51.6 Å². The van der Waals surface area contributed by atoms with Crippen LogP contribution >= 0.6 is 0 Å². The molecule has 0 amide bonds. The largest absolute Gasteiger partial charge is 0.247 e. The zero-order valence-electron chi connectivity index (χ0n) is 32.6. The van der Waals surface area contributed by atoms with Crippen molar-refractivity contribution in [3.8, 4) is 78.8 Å². The van der Waals surface area contributed by atoms with Crippen molar-refractivity contribution >= 4 is 32.4 Å². The van der Waals surface area contributed by atoms with Gasteiger partial charge in [0.15, 0.2) is 17.5 Å². The summed E-state index contributed by atoms with van der Waals surface area (Å²) in [5.41, 5.74) is 12.8. The van der Waals surface area contributed by atoms with Gasteiger partial charge in [-0.3, -0.25) is 0 Å². The number of hydrogen-bond donors (Lipinski definition) is 0. The monoisotopic (exact) mass is 764 g/mol. The lowest BCUT2D eigenvalue weighted by atomic mass is 9.94. The summed E-state index contributed by atoms with van der Waals surface area (Å²) in [5.74, 6) is 1.92. The van der Waals surface area contributed by atoms with Crippen LogP contribution in [-0.2, 0) is 0 Å². The smallest absolute Gasteiger partial charge is 0.164 e. The van der Waals surface area contributed by atoms with Crippen molar-refractivity contribution in [3.05, 3.63) is 218 Å². The molecule has 0 unspecified atom stereocenters. The van der Waals surface area contributed by atoms with E-state index in [1.54, 1.807) is 0 Å². The summed E-state index contributed by atoms with van der Waals surface area (Å²) in [5, 5.41) is 6.02. The second-order valence-corrected chi connectivity index (χ2v) is 15.0. The first-order valence-electron chi connectivity index (χ1n) is 20.2. The summed E-state index contributed by atoms with van der Waals surface area (Å²) >= 11 is 0. The lowest BCUT2D eigenvalue weighted by molar-refractivity contribution is 1.07. The summed E-state index contributed by atoms with van der Waals surface area (Å²) in [4.78, 5) is 20.1. The maximum atomic E-state index is 5.23. The Labute approximate surface area is 348 Å². The molecular formula is C56H36N4. The molecule has 0 atom stereocenters. The molecule has 2 heterocycles. The van der Waals surface area contributed by atoms with E-state index in [9.17, 15) is 0 Å². The Hall–Kier alpha value is -8.08. The molecular weight excluding hydrogens is 729 g/mol. The summed E-state index contributed by atoms with van der Waals surface area (Å²) < 4.78 is 0. The van der Waals surface area contributed by atoms with Crippen LogP contribution in [0.4, 0.5) is 0 Å². The van der Waals surface area contributed by atoms with Crippen LogP contribution in [0.15, 0.2) is 218 Å². The van der Waals surface area contributed by atoms with Crippen molar-refractivity contribution in [2.75, 3.05) is 0 Å². The van der Waals surface area contributed by atoms with E-state index in [2.05, 4.69) is 182 Å². The van der Waals surface area contributed by atoms with Gasteiger partial charge < -0.3 is 0 Å². The summed E-state index contributed by atoms with van der Waals surface area (Å²) in [6.07, 6.45) is 0. The van der Waals surface area contributed by atoms with Crippen LogP contribution in [0.3, 0.4) is 0 Å². The molecule has 11 aromatic rings. The number of fused-ring (bicyclic) bond motifs is 5. The highest BCUT2D eigenvalue weighted by Crippen LogP contribution is 2.38. The Morgan fingerprint density at radius 2 is 0.583 bits per heavy atom. The van der Waals surface area contributed by atoms with E-state index in [1.165, 1.54) is 32.5 Å². The van der Waals surface area contributed by atoms with E-state index < -0.39 is 0 Å². The molecule has 0 aliphatic heterocycles. The number of hydrogen-bond acceptors (Lipinski definition) is 4. The van der Waals surface area contributed by atoms with Crippen LogP contribution in [0.2, 0.25) is 0 Å². The van der Waals surface area contributed by atoms with Crippen LogP contribution in [0.1, 0.15) is 0 Å². The molecule has 280 valence electrons. The van der Waals surface area contributed by atoms with Crippen molar-refractivity contribution < 1.29 is 0 Å². The predicted octanol–water partition coefficient (Wildman–Crippen LogP) is 14.4. The van der Waals surface area contributed by atoms with Crippen molar-refractivity contribution in [2.45, 2.75) is 0 Å². The normalized spacial score (nSPS) is 11.3. The molecule has 0 aliphatic carbocycles. The molecule has 9 aromatic carbocycles. The van der Waals surface area contributed by atoms with Gasteiger partial charge in [-0.2, -0.15) is 0 Å². The molecule has 4 nitrogen and oxygen atoms in total. The Morgan fingerprint density at radius 1 is 0.217 bits per heavy atom. The highest BCUT2D eigenvalue weighted by Gasteiger charge is 2.15. The summed E-state index contributed by atoms with van der Waals surface area (Å²) in [6, 6.07) is 76.5. The first kappa shape index (κ1) is 35.1. The van der Waals surface area contributed by atoms with Crippen LogP contribution in [-0.4, -0.2) is 19.9 Å². The number of benzene rings is 9. The molecule has 0 saturated heterocycles. The average molecular weight is 765 g/mol. The maximum Gasteiger partial charge on any atom is 0.164 e. The van der Waals surface area contributed by atoms with Crippen molar-refractivity contribution in [1.29, 1.82) is 0 Å². The number of aromatic nitrogens is 4. The predicted molar refractivity (Wildman–Crippen MR) is 248 cm³/mol. The zero-order chi connectivity index (χ0) is 39.8. The number of pyridine rings is 1. The Morgan fingerprint density at radius 3 is 1.10 bits per heavy atom. The second-order valence-electron chi connectivity index (χ2n) is 15.0. The molecule has 0 radical (unpaired) electrons. The number of para-hydroxylation sites is 1. The first-order valence-corrected chi connectivity index (χ1v) is 20.2. The van der Waals surface area contributed by atoms with Gasteiger partial charge in [0.1, 0.15) is 0 Å². The van der Waals surface area contributed by atoms with E-state index in [0.717, 1.165) is 61.3 Å². The van der Waals surface area contributed by atoms with E-state index in [4.69, 9.17) is 19.9 Å². The van der Waals surface area contributed by atoms with E-state index in [-0.39, 0.29) is 0 Å². The van der Waals surface area contributed by atoms with Crippen LogP contribution < -0.4 is 0 Å². The van der Waals surface area contributed by atoms with Crippen LogP contribution in [0.5, 0.6) is 0 Å². The zero-order valence-corrected chi connectivity index (χ0v) is 32.6. The Kier molecular flexibility index (Phi) is 8.79. The Balaban J connectivity index is 0.877. The van der Waals surface area contributed by atoms with Gasteiger partial charge in [-0.25, -0.2) is 19.9 Å². The highest BCUT2D eigenvalue weighted by molar-refractivity contribution is 6.21. The summed E-state index contributed by atoms with van der Waals surface area (Å²) in [7, 11) is 0. The molecule has 4 heteroatoms. The van der Waals surface area contributed by atoms with Gasteiger partial charge in [0.05, 0.1) is 11.2 Å². The minimum atomic E-state index is 0.636. The molecule has 0 saturated carbocycles. The third-order valence-electron chi connectivity index (χ3n) is 11.4. The van der Waals surface area contributed by atoms with E-state index in [0.29, 0.717) is 17.5 Å². The molecule has 2 aromatic heterocycles. The van der Waals surface area contributed by atoms with Gasteiger partial charge in [-0.05, 0) is 55.6 Å². The van der Waals surface area contributed by atoms with Crippen molar-refractivity contribution in [3.63, 3.8) is 0 Å². The fourth-order valence-electron chi connectivity index (χ4n) is 8.22. The minimum Gasteiger partial charge on any atom is -0.247 e. The fraction of sp³-hybridized carbons (Fsp3) is 0. The SMILES string of the molecule is c1ccc(-c2ccc(-c3nc(-c4ccccc4)nc(-c4ccc(-c5ccc(-c6ccc(-c7nc8ccccc8c8ccc9ccccc9c78)cc6)cc5)cc4)n3)cc2)cc1. The summed E-state index contributed by atoms with van der Waals surface area (Å²) in [6.45, 7) is 0. The van der Waals surface area contributed by atoms with Gasteiger partial charge in [0.25, 0.3) is 0 Å². The van der Waals surface area contributed by atoms with Gasteiger partial charge in [0, 0.05) is 33.0 Å². The Bertz CT molecular complexity index is 3310. The molecule has 0 fully saturated rings. The molecule has 0 bridgehead atoms.